The van der Waals surface area contributed by atoms with Gasteiger partial charge in [0.1, 0.15) is 0 Å². The van der Waals surface area contributed by atoms with Gasteiger partial charge in [-0.1, -0.05) is 41.5 Å². The Morgan fingerprint density at radius 2 is 1.39 bits per heavy atom. The summed E-state index contributed by atoms with van der Waals surface area (Å²) in [5.74, 6) is 0.850. The van der Waals surface area contributed by atoms with Crippen LogP contribution in [0.5, 0.6) is 0 Å². The van der Waals surface area contributed by atoms with E-state index in [2.05, 4.69) is 84.2 Å². The van der Waals surface area contributed by atoms with Crippen LogP contribution in [-0.4, -0.2) is 73.6 Å². The average molecular weight is 436 g/mol. The van der Waals surface area contributed by atoms with E-state index in [1.165, 1.54) is 84.2 Å². The lowest BCUT2D eigenvalue weighted by Crippen LogP contribution is -2.57. The molecule has 0 spiro atoms. The summed E-state index contributed by atoms with van der Waals surface area (Å²) < 4.78 is 0. The Balaban J connectivity index is 1.84. The van der Waals surface area contributed by atoms with Gasteiger partial charge in [0.15, 0.2) is 0 Å². The Kier molecular flexibility index (Phi) is 9.13. The molecule has 0 aromatic carbocycles. The predicted octanol–water partition coefficient (Wildman–Crippen LogP) is 6.38. The van der Waals surface area contributed by atoms with Crippen LogP contribution < -0.4 is 0 Å². The smallest absolute Gasteiger partial charge is 0.0182 e. The van der Waals surface area contributed by atoms with Gasteiger partial charge < -0.3 is 9.80 Å². The molecule has 2 aliphatic heterocycles. The van der Waals surface area contributed by atoms with Crippen molar-refractivity contribution in [2.75, 3.05) is 53.4 Å². The molecule has 184 valence electrons. The van der Waals surface area contributed by atoms with Gasteiger partial charge in [-0.05, 0) is 134 Å². The van der Waals surface area contributed by atoms with E-state index in [-0.39, 0.29) is 0 Å². The highest BCUT2D eigenvalue weighted by atomic mass is 15.2. The summed E-state index contributed by atoms with van der Waals surface area (Å²) in [5.41, 5.74) is 1.66. The summed E-state index contributed by atoms with van der Waals surface area (Å²) in [4.78, 5) is 7.93. The van der Waals surface area contributed by atoms with Gasteiger partial charge in [-0.2, -0.15) is 0 Å². The lowest BCUT2D eigenvalue weighted by Gasteiger charge is -2.55. The Morgan fingerprint density at radius 3 is 1.90 bits per heavy atom. The molecule has 2 fully saturated rings. The summed E-state index contributed by atoms with van der Waals surface area (Å²) in [6, 6.07) is 0. The number of hydrogen-bond donors (Lipinski definition) is 0. The number of likely N-dealkylation sites (tertiary alicyclic amines) is 2. The van der Waals surface area contributed by atoms with Crippen LogP contribution >= 0.6 is 0 Å². The highest BCUT2D eigenvalue weighted by molar-refractivity contribution is 4.99. The molecule has 31 heavy (non-hydrogen) atoms. The van der Waals surface area contributed by atoms with Crippen LogP contribution in [0.3, 0.4) is 0 Å². The van der Waals surface area contributed by atoms with Crippen molar-refractivity contribution in [3.63, 3.8) is 0 Å². The van der Waals surface area contributed by atoms with Crippen LogP contribution in [0.15, 0.2) is 0 Å². The first-order chi connectivity index (χ1) is 14.2. The minimum atomic E-state index is 0.347. The summed E-state index contributed by atoms with van der Waals surface area (Å²) in [6.45, 7) is 27.4. The largest absolute Gasteiger partial charge is 0.306 e. The van der Waals surface area contributed by atoms with Crippen LogP contribution in [-0.2, 0) is 0 Å². The molecule has 2 aliphatic rings. The highest BCUT2D eigenvalue weighted by Gasteiger charge is 2.46. The first kappa shape index (κ1) is 27.1. The van der Waals surface area contributed by atoms with Gasteiger partial charge in [0, 0.05) is 5.54 Å². The molecule has 0 bridgehead atoms. The minimum Gasteiger partial charge on any atom is -0.306 e. The maximum absolute atomic E-state index is 2.85. The van der Waals surface area contributed by atoms with E-state index in [4.69, 9.17) is 0 Å². The molecule has 0 radical (unpaired) electrons. The second kappa shape index (κ2) is 10.4. The van der Waals surface area contributed by atoms with E-state index >= 15 is 0 Å². The number of rotatable bonds is 9. The third kappa shape index (κ3) is 7.44. The van der Waals surface area contributed by atoms with Gasteiger partial charge in [0.05, 0.1) is 0 Å². The van der Waals surface area contributed by atoms with Crippen molar-refractivity contribution >= 4 is 0 Å². The zero-order valence-corrected chi connectivity index (χ0v) is 23.1. The summed E-state index contributed by atoms with van der Waals surface area (Å²) >= 11 is 0. The molecule has 0 aromatic rings. The highest BCUT2D eigenvalue weighted by Crippen LogP contribution is 2.50. The summed E-state index contributed by atoms with van der Waals surface area (Å²) in [6.07, 6.45) is 9.39. The molecule has 0 aromatic heterocycles. The van der Waals surface area contributed by atoms with Gasteiger partial charge in [-0.25, -0.2) is 0 Å². The molecule has 0 saturated carbocycles. The van der Waals surface area contributed by atoms with Gasteiger partial charge in [-0.3, -0.25) is 4.90 Å². The van der Waals surface area contributed by atoms with E-state index in [1.54, 1.807) is 0 Å². The Morgan fingerprint density at radius 1 is 0.839 bits per heavy atom. The summed E-state index contributed by atoms with van der Waals surface area (Å²) in [5, 5.41) is 0. The number of hydrogen-bond acceptors (Lipinski definition) is 3. The molecule has 2 saturated heterocycles. The monoisotopic (exact) mass is 435 g/mol. The first-order valence-corrected chi connectivity index (χ1v) is 13.3. The Hall–Kier alpha value is -0.120. The van der Waals surface area contributed by atoms with Crippen molar-refractivity contribution in [1.82, 2.24) is 14.7 Å². The van der Waals surface area contributed by atoms with Crippen molar-refractivity contribution in [1.29, 1.82) is 0 Å². The molecule has 0 amide bonds. The zero-order valence-electron chi connectivity index (χ0n) is 23.1. The Labute approximate surface area is 196 Å². The van der Waals surface area contributed by atoms with Gasteiger partial charge in [0.2, 0.25) is 0 Å². The van der Waals surface area contributed by atoms with Crippen LogP contribution in [0, 0.1) is 22.2 Å². The third-order valence-electron chi connectivity index (χ3n) is 9.62. The molecule has 3 nitrogen and oxygen atoms in total. The van der Waals surface area contributed by atoms with E-state index in [9.17, 15) is 0 Å². The molecule has 2 heterocycles. The maximum atomic E-state index is 2.85. The third-order valence-corrected chi connectivity index (χ3v) is 9.62. The van der Waals surface area contributed by atoms with Crippen molar-refractivity contribution in [3.05, 3.63) is 0 Å². The predicted molar refractivity (Wildman–Crippen MR) is 138 cm³/mol. The number of nitrogens with zero attached hydrogens (tertiary/aromatic N) is 3. The maximum Gasteiger partial charge on any atom is 0.0182 e. The fraction of sp³-hybridized carbons (Fsp3) is 1.00. The van der Waals surface area contributed by atoms with Crippen LogP contribution in [0.4, 0.5) is 0 Å². The molecule has 2 rings (SSSR count). The fourth-order valence-electron chi connectivity index (χ4n) is 5.99. The van der Waals surface area contributed by atoms with E-state index in [1.807, 2.05) is 0 Å². The molecular weight excluding hydrogens is 378 g/mol. The lowest BCUT2D eigenvalue weighted by atomic mass is 9.60. The van der Waals surface area contributed by atoms with Crippen molar-refractivity contribution in [2.45, 2.75) is 106 Å². The zero-order chi connectivity index (χ0) is 23.5. The second-order valence-corrected chi connectivity index (χ2v) is 13.9. The van der Waals surface area contributed by atoms with Gasteiger partial charge in [0.25, 0.3) is 0 Å². The SMILES string of the molecule is CN1CCC(C(C)(C)N2CCC(C)(C(C)(C)CCN(C)CCCC(C)(C)C)CC2)CC1. The van der Waals surface area contributed by atoms with Crippen molar-refractivity contribution in [3.8, 4) is 0 Å². The topological polar surface area (TPSA) is 9.72 Å². The lowest BCUT2D eigenvalue weighted by molar-refractivity contribution is -0.0509. The molecule has 3 heteroatoms. The standard InChI is InChI=1S/C28H57N3/c1-25(2,3)14-11-18-29(9)21-15-26(4,5)28(8)16-22-31(23-17-28)27(6,7)24-12-19-30(10)20-13-24/h24H,11-23H2,1-10H3. The molecule has 0 unspecified atom stereocenters. The van der Waals surface area contributed by atoms with Crippen LogP contribution in [0.25, 0.3) is 0 Å². The minimum absolute atomic E-state index is 0.347. The Bertz CT molecular complexity index is 529. The second-order valence-electron chi connectivity index (χ2n) is 13.9. The molecule has 0 aliphatic carbocycles. The van der Waals surface area contributed by atoms with E-state index in [0.29, 0.717) is 21.8 Å². The quantitative estimate of drug-likeness (QED) is 0.416. The molecule has 0 atom stereocenters. The normalized spacial score (nSPS) is 22.9. The summed E-state index contributed by atoms with van der Waals surface area (Å²) in [7, 11) is 4.60. The van der Waals surface area contributed by atoms with Gasteiger partial charge >= 0.3 is 0 Å². The van der Waals surface area contributed by atoms with Crippen molar-refractivity contribution in [2.24, 2.45) is 22.2 Å². The van der Waals surface area contributed by atoms with Crippen LogP contribution in [0.2, 0.25) is 0 Å². The molecule has 0 N–H and O–H groups in total. The van der Waals surface area contributed by atoms with E-state index in [0.717, 1.165) is 5.92 Å². The molecular formula is C28H57N3. The van der Waals surface area contributed by atoms with Crippen molar-refractivity contribution < 1.29 is 0 Å². The first-order valence-electron chi connectivity index (χ1n) is 13.3. The van der Waals surface area contributed by atoms with E-state index < -0.39 is 0 Å². The fourth-order valence-corrected chi connectivity index (χ4v) is 5.99. The number of piperidine rings is 2. The van der Waals surface area contributed by atoms with Crippen LogP contribution in [0.1, 0.15) is 100 Å². The average Bonchev–Trinajstić information content (AvgIpc) is 2.66. The van der Waals surface area contributed by atoms with Gasteiger partial charge in [-0.15, -0.1) is 0 Å².